The second-order valence-electron chi connectivity index (χ2n) is 5.48. The van der Waals surface area contributed by atoms with E-state index in [-0.39, 0.29) is 30.2 Å². The number of nitrogens with zero attached hydrogens (tertiary/aromatic N) is 4. The second kappa shape index (κ2) is 5.50. The number of fused-ring (bicyclic) bond motifs is 1. The van der Waals surface area contributed by atoms with Gasteiger partial charge in [0, 0.05) is 24.8 Å². The number of aryl methyl sites for hydroxylation is 1. The zero-order chi connectivity index (χ0) is 15.9. The highest BCUT2D eigenvalue weighted by Crippen LogP contribution is 2.12. The van der Waals surface area contributed by atoms with Crippen LogP contribution in [0.5, 0.6) is 0 Å². The number of aliphatic hydroxyl groups excluding tert-OH is 2. The molecule has 118 valence electrons. The second-order valence-corrected chi connectivity index (χ2v) is 5.48. The van der Waals surface area contributed by atoms with Crippen molar-refractivity contribution >= 4 is 11.7 Å². The number of aromatic amines is 1. The van der Waals surface area contributed by atoms with E-state index in [9.17, 15) is 19.8 Å². The van der Waals surface area contributed by atoms with Gasteiger partial charge in [0.05, 0.1) is 18.6 Å². The van der Waals surface area contributed by atoms with Gasteiger partial charge in [0.25, 0.3) is 11.3 Å². The standard InChI is InChI=1S/C13H17N5O4/c1-7-4-12(22)18-13(14-7)15-10(16-18)5-11(21)17-3-2-8(19)9(20)6-17/h4,8-9,19-20H,2-3,5-6H2,1H3,(H,14,15,16)/t8-,9-/m1/s1. The Bertz CT molecular complexity index is 767. The first kappa shape index (κ1) is 14.7. The number of aromatic nitrogens is 4. The van der Waals surface area contributed by atoms with Crippen LogP contribution in [0, 0.1) is 6.92 Å². The molecule has 9 heteroatoms. The van der Waals surface area contributed by atoms with Gasteiger partial charge in [0.2, 0.25) is 5.91 Å². The van der Waals surface area contributed by atoms with Crippen molar-refractivity contribution < 1.29 is 15.0 Å². The number of hydrogen-bond acceptors (Lipinski definition) is 6. The van der Waals surface area contributed by atoms with Crippen molar-refractivity contribution in [1.29, 1.82) is 0 Å². The van der Waals surface area contributed by atoms with Crippen molar-refractivity contribution in [3.05, 3.63) is 27.9 Å². The Hall–Kier alpha value is -2.26. The smallest absolute Gasteiger partial charge is 0.274 e. The summed E-state index contributed by atoms with van der Waals surface area (Å²) in [6.45, 7) is 2.17. The molecule has 1 fully saturated rings. The summed E-state index contributed by atoms with van der Waals surface area (Å²) in [5.74, 6) is 0.331. The summed E-state index contributed by atoms with van der Waals surface area (Å²) in [4.78, 5) is 33.7. The van der Waals surface area contributed by atoms with Crippen molar-refractivity contribution in [3.63, 3.8) is 0 Å². The van der Waals surface area contributed by atoms with Gasteiger partial charge >= 0.3 is 0 Å². The third kappa shape index (κ3) is 2.72. The molecule has 3 rings (SSSR count). The first-order chi connectivity index (χ1) is 10.4. The van der Waals surface area contributed by atoms with Crippen LogP contribution in [-0.4, -0.2) is 65.9 Å². The lowest BCUT2D eigenvalue weighted by Crippen LogP contribution is -2.49. The van der Waals surface area contributed by atoms with E-state index in [0.717, 1.165) is 0 Å². The van der Waals surface area contributed by atoms with Crippen LogP contribution in [0.4, 0.5) is 0 Å². The van der Waals surface area contributed by atoms with Gasteiger partial charge in [-0.2, -0.15) is 9.50 Å². The molecule has 3 N–H and O–H groups in total. The third-order valence-corrected chi connectivity index (χ3v) is 3.72. The van der Waals surface area contributed by atoms with Crippen LogP contribution in [0.25, 0.3) is 5.78 Å². The van der Waals surface area contributed by atoms with Crippen molar-refractivity contribution in [1.82, 2.24) is 24.5 Å². The molecule has 2 atom stereocenters. The molecule has 3 heterocycles. The van der Waals surface area contributed by atoms with E-state index < -0.39 is 12.2 Å². The molecule has 2 aromatic rings. The van der Waals surface area contributed by atoms with Crippen LogP contribution in [-0.2, 0) is 11.2 Å². The molecule has 0 aromatic carbocycles. The van der Waals surface area contributed by atoms with E-state index in [0.29, 0.717) is 24.5 Å². The van der Waals surface area contributed by atoms with Crippen LogP contribution in [0.15, 0.2) is 10.9 Å². The van der Waals surface area contributed by atoms with Crippen LogP contribution in [0.2, 0.25) is 0 Å². The van der Waals surface area contributed by atoms with E-state index in [2.05, 4.69) is 15.1 Å². The molecule has 22 heavy (non-hydrogen) atoms. The summed E-state index contributed by atoms with van der Waals surface area (Å²) in [6, 6.07) is 1.37. The third-order valence-electron chi connectivity index (χ3n) is 3.72. The molecule has 1 aliphatic heterocycles. The maximum Gasteiger partial charge on any atom is 0.274 e. The number of likely N-dealkylation sites (tertiary alicyclic amines) is 1. The predicted molar refractivity (Wildman–Crippen MR) is 75.3 cm³/mol. The number of H-pyrrole nitrogens is 1. The normalized spacial score (nSPS) is 22.2. The van der Waals surface area contributed by atoms with Crippen LogP contribution < -0.4 is 5.56 Å². The summed E-state index contributed by atoms with van der Waals surface area (Å²) >= 11 is 0. The topological polar surface area (TPSA) is 124 Å². The quantitative estimate of drug-likeness (QED) is 0.603. The highest BCUT2D eigenvalue weighted by molar-refractivity contribution is 5.78. The van der Waals surface area contributed by atoms with E-state index in [4.69, 9.17) is 0 Å². The maximum absolute atomic E-state index is 12.2. The van der Waals surface area contributed by atoms with Crippen LogP contribution in [0.3, 0.4) is 0 Å². The molecule has 1 amide bonds. The van der Waals surface area contributed by atoms with Gasteiger partial charge < -0.3 is 15.1 Å². The Balaban J connectivity index is 1.77. The highest BCUT2D eigenvalue weighted by atomic mass is 16.3. The minimum Gasteiger partial charge on any atom is -0.390 e. The van der Waals surface area contributed by atoms with Gasteiger partial charge in [0.1, 0.15) is 5.82 Å². The Labute approximate surface area is 125 Å². The molecule has 1 saturated heterocycles. The fourth-order valence-electron chi connectivity index (χ4n) is 2.52. The Morgan fingerprint density at radius 2 is 2.18 bits per heavy atom. The number of hydrogen-bond donors (Lipinski definition) is 3. The first-order valence-electron chi connectivity index (χ1n) is 7.03. The Morgan fingerprint density at radius 3 is 2.91 bits per heavy atom. The highest BCUT2D eigenvalue weighted by Gasteiger charge is 2.29. The minimum absolute atomic E-state index is 0.0232. The monoisotopic (exact) mass is 307 g/mol. The van der Waals surface area contributed by atoms with Gasteiger partial charge in [-0.1, -0.05) is 0 Å². The molecule has 0 radical (unpaired) electrons. The van der Waals surface area contributed by atoms with Gasteiger partial charge in [-0.25, -0.2) is 4.98 Å². The zero-order valence-corrected chi connectivity index (χ0v) is 12.1. The summed E-state index contributed by atoms with van der Waals surface area (Å²) in [7, 11) is 0. The SMILES string of the molecule is Cc1cc(=O)n2[nH]c(CC(=O)N3CC[C@@H](O)[C@H](O)C3)nc2n1. The lowest BCUT2D eigenvalue weighted by Gasteiger charge is -2.33. The number of carbonyl (C=O) groups is 1. The molecule has 0 aliphatic carbocycles. The van der Waals surface area contributed by atoms with Gasteiger partial charge in [0.15, 0.2) is 0 Å². The number of rotatable bonds is 2. The van der Waals surface area contributed by atoms with Crippen molar-refractivity contribution in [2.45, 2.75) is 32.0 Å². The van der Waals surface area contributed by atoms with Gasteiger partial charge in [-0.15, -0.1) is 0 Å². The molecule has 2 aromatic heterocycles. The number of β-amino-alcohol motifs (C(OH)–C–C–N with tert-alkyl or cyclic N) is 1. The van der Waals surface area contributed by atoms with Crippen molar-refractivity contribution in [3.8, 4) is 0 Å². The molecule has 1 aliphatic rings. The van der Waals surface area contributed by atoms with Crippen LogP contribution in [0.1, 0.15) is 17.9 Å². The van der Waals surface area contributed by atoms with E-state index in [1.54, 1.807) is 6.92 Å². The largest absolute Gasteiger partial charge is 0.390 e. The predicted octanol–water partition coefficient (Wildman–Crippen LogP) is -1.78. The van der Waals surface area contributed by atoms with Crippen molar-refractivity contribution in [2.75, 3.05) is 13.1 Å². The lowest BCUT2D eigenvalue weighted by molar-refractivity contribution is -0.137. The summed E-state index contributed by atoms with van der Waals surface area (Å²) < 4.78 is 1.18. The molecular formula is C13H17N5O4. The lowest BCUT2D eigenvalue weighted by atomic mass is 10.0. The number of nitrogens with one attached hydrogen (secondary N) is 1. The zero-order valence-electron chi connectivity index (χ0n) is 12.1. The molecule has 0 bridgehead atoms. The minimum atomic E-state index is -0.930. The number of amides is 1. The number of aliphatic hydroxyl groups is 2. The van der Waals surface area contributed by atoms with E-state index in [1.165, 1.54) is 15.5 Å². The maximum atomic E-state index is 12.2. The average molecular weight is 307 g/mol. The number of carbonyl (C=O) groups excluding carboxylic acids is 1. The Kier molecular flexibility index (Phi) is 3.67. The fraction of sp³-hybridized carbons (Fsp3) is 0.538. The molecular weight excluding hydrogens is 290 g/mol. The molecule has 0 saturated carbocycles. The van der Waals surface area contributed by atoms with E-state index >= 15 is 0 Å². The summed E-state index contributed by atoms with van der Waals surface area (Å²) in [6.07, 6.45) is -1.40. The molecule has 0 unspecified atom stereocenters. The molecule has 0 spiro atoms. The first-order valence-corrected chi connectivity index (χ1v) is 7.03. The van der Waals surface area contributed by atoms with Gasteiger partial charge in [-0.05, 0) is 13.3 Å². The van der Waals surface area contributed by atoms with Gasteiger partial charge in [-0.3, -0.25) is 14.7 Å². The fourth-order valence-corrected chi connectivity index (χ4v) is 2.52. The molecule has 9 nitrogen and oxygen atoms in total. The van der Waals surface area contributed by atoms with Crippen LogP contribution >= 0.6 is 0 Å². The summed E-state index contributed by atoms with van der Waals surface area (Å²) in [5.41, 5.74) is 0.271. The summed E-state index contributed by atoms with van der Waals surface area (Å²) in [5, 5.41) is 21.8. The van der Waals surface area contributed by atoms with Crippen molar-refractivity contribution in [2.24, 2.45) is 0 Å². The van der Waals surface area contributed by atoms with E-state index in [1.807, 2.05) is 0 Å². The average Bonchev–Trinajstić information content (AvgIpc) is 2.84. The number of piperidine rings is 1. The Morgan fingerprint density at radius 1 is 1.41 bits per heavy atom.